The van der Waals surface area contributed by atoms with Gasteiger partial charge in [-0.25, -0.2) is 14.2 Å². The lowest BCUT2D eigenvalue weighted by molar-refractivity contribution is -0.152. The number of aromatic nitrogens is 1. The molecule has 0 saturated heterocycles. The van der Waals surface area contributed by atoms with Gasteiger partial charge in [-0.1, -0.05) is 31.4 Å². The largest absolute Gasteiger partial charge is 0.467 e. The summed E-state index contributed by atoms with van der Waals surface area (Å²) in [5.74, 6) is -0.966. The van der Waals surface area contributed by atoms with Gasteiger partial charge >= 0.3 is 5.97 Å². The molecule has 2 aromatic rings. The van der Waals surface area contributed by atoms with Gasteiger partial charge in [0, 0.05) is 10.9 Å². The van der Waals surface area contributed by atoms with Crippen LogP contribution in [0.15, 0.2) is 29.6 Å². The summed E-state index contributed by atoms with van der Waals surface area (Å²) >= 11 is 1.36. The minimum absolute atomic E-state index is 0.0740. The van der Waals surface area contributed by atoms with E-state index in [1.165, 1.54) is 30.6 Å². The van der Waals surface area contributed by atoms with Crippen molar-refractivity contribution in [3.05, 3.63) is 41.2 Å². The van der Waals surface area contributed by atoms with E-state index in [9.17, 15) is 14.0 Å². The number of methoxy groups -OCH3 is 1. The molecule has 26 heavy (non-hydrogen) atoms. The summed E-state index contributed by atoms with van der Waals surface area (Å²) in [6, 6.07) is 6.19. The van der Waals surface area contributed by atoms with Crippen LogP contribution in [0.5, 0.6) is 0 Å². The van der Waals surface area contributed by atoms with Gasteiger partial charge in [-0.2, -0.15) is 0 Å². The molecule has 1 fully saturated rings. The molecule has 1 heterocycles. The van der Waals surface area contributed by atoms with Crippen molar-refractivity contribution in [2.24, 2.45) is 0 Å². The lowest BCUT2D eigenvalue weighted by Crippen LogP contribution is -2.56. The number of hydrogen-bond acceptors (Lipinski definition) is 5. The molecule has 7 heteroatoms. The van der Waals surface area contributed by atoms with Crippen molar-refractivity contribution in [3.8, 4) is 10.6 Å². The van der Waals surface area contributed by atoms with Gasteiger partial charge in [0.15, 0.2) is 0 Å². The highest BCUT2D eigenvalue weighted by atomic mass is 32.1. The molecular weight excluding hydrogens is 355 g/mol. The fourth-order valence-electron chi connectivity index (χ4n) is 3.35. The third-order valence-corrected chi connectivity index (χ3v) is 5.57. The predicted molar refractivity (Wildman–Crippen MR) is 97.2 cm³/mol. The number of ether oxygens (including phenoxy) is 1. The second-order valence-corrected chi connectivity index (χ2v) is 7.37. The first-order chi connectivity index (χ1) is 12.5. The van der Waals surface area contributed by atoms with Crippen LogP contribution in [-0.4, -0.2) is 29.5 Å². The quantitative estimate of drug-likeness (QED) is 0.811. The number of thiazole rings is 1. The summed E-state index contributed by atoms with van der Waals surface area (Å²) in [5, 5.41) is 5.32. The second kappa shape index (κ2) is 7.95. The number of halogens is 1. The van der Waals surface area contributed by atoms with Crippen molar-refractivity contribution in [1.29, 1.82) is 0 Å². The first-order valence-corrected chi connectivity index (χ1v) is 9.50. The van der Waals surface area contributed by atoms with Gasteiger partial charge in [-0.3, -0.25) is 4.79 Å². The maximum atomic E-state index is 13.4. The van der Waals surface area contributed by atoms with E-state index in [1.54, 1.807) is 17.5 Å². The number of nitrogens with one attached hydrogen (secondary N) is 1. The lowest BCUT2D eigenvalue weighted by atomic mass is 9.81. The Morgan fingerprint density at radius 3 is 2.77 bits per heavy atom. The van der Waals surface area contributed by atoms with Crippen LogP contribution in [0.1, 0.15) is 37.8 Å². The van der Waals surface area contributed by atoms with Crippen molar-refractivity contribution in [2.75, 3.05) is 7.11 Å². The standard InChI is InChI=1S/C19H21FN2O3S/c1-25-18(24)19(8-3-2-4-9-19)22-16(23)11-15-12-26-17(21-15)13-6-5-7-14(20)10-13/h5-7,10,12H,2-4,8-9,11H2,1H3,(H,22,23). The Hall–Kier alpha value is -2.28. The monoisotopic (exact) mass is 376 g/mol. The molecule has 0 aliphatic heterocycles. The highest BCUT2D eigenvalue weighted by molar-refractivity contribution is 7.13. The van der Waals surface area contributed by atoms with Crippen LogP contribution >= 0.6 is 11.3 Å². The third-order valence-electron chi connectivity index (χ3n) is 4.63. The number of amides is 1. The first-order valence-electron chi connectivity index (χ1n) is 8.62. The zero-order valence-corrected chi connectivity index (χ0v) is 15.4. The SMILES string of the molecule is COC(=O)C1(NC(=O)Cc2csc(-c3cccc(F)c3)n2)CCCCC1. The van der Waals surface area contributed by atoms with E-state index in [0.29, 0.717) is 29.1 Å². The molecule has 1 amide bonds. The maximum Gasteiger partial charge on any atom is 0.331 e. The lowest BCUT2D eigenvalue weighted by Gasteiger charge is -2.35. The van der Waals surface area contributed by atoms with Gasteiger partial charge in [-0.15, -0.1) is 11.3 Å². The van der Waals surface area contributed by atoms with Gasteiger partial charge in [0.2, 0.25) is 5.91 Å². The molecule has 1 aromatic heterocycles. The van der Waals surface area contributed by atoms with E-state index >= 15 is 0 Å². The van der Waals surface area contributed by atoms with Crippen molar-refractivity contribution in [1.82, 2.24) is 10.3 Å². The molecule has 5 nitrogen and oxygen atoms in total. The number of rotatable bonds is 5. The van der Waals surface area contributed by atoms with Gasteiger partial charge in [0.25, 0.3) is 0 Å². The van der Waals surface area contributed by atoms with Crippen molar-refractivity contribution in [3.63, 3.8) is 0 Å². The van der Waals surface area contributed by atoms with E-state index in [4.69, 9.17) is 4.74 Å². The average Bonchev–Trinajstić information content (AvgIpc) is 3.10. The number of nitrogens with zero attached hydrogens (tertiary/aromatic N) is 1. The molecule has 1 aliphatic rings. The number of carbonyl (C=O) groups is 2. The fourth-order valence-corrected chi connectivity index (χ4v) is 4.17. The van der Waals surface area contributed by atoms with Crippen LogP contribution < -0.4 is 5.32 Å². The van der Waals surface area contributed by atoms with Crippen molar-refractivity contribution in [2.45, 2.75) is 44.1 Å². The minimum atomic E-state index is -0.925. The van der Waals surface area contributed by atoms with Gasteiger partial charge in [-0.05, 0) is 25.0 Å². The van der Waals surface area contributed by atoms with Gasteiger partial charge < -0.3 is 10.1 Å². The fraction of sp³-hybridized carbons (Fsp3) is 0.421. The summed E-state index contributed by atoms with van der Waals surface area (Å²) in [6.07, 6.45) is 4.09. The van der Waals surface area contributed by atoms with Crippen LogP contribution in [0.3, 0.4) is 0 Å². The summed E-state index contributed by atoms with van der Waals surface area (Å²) in [6.45, 7) is 0. The minimum Gasteiger partial charge on any atom is -0.467 e. The van der Waals surface area contributed by atoms with E-state index < -0.39 is 5.54 Å². The van der Waals surface area contributed by atoms with Crippen LogP contribution in [-0.2, 0) is 20.7 Å². The molecule has 0 radical (unpaired) electrons. The van der Waals surface area contributed by atoms with Crippen molar-refractivity contribution < 1.29 is 18.7 Å². The summed E-state index contributed by atoms with van der Waals surface area (Å²) < 4.78 is 18.3. The molecule has 0 unspecified atom stereocenters. The van der Waals surface area contributed by atoms with E-state index in [1.807, 2.05) is 0 Å². The molecule has 0 atom stereocenters. The number of hydrogen-bond donors (Lipinski definition) is 1. The molecule has 0 spiro atoms. The van der Waals surface area contributed by atoms with Crippen LogP contribution in [0.25, 0.3) is 10.6 Å². The number of benzene rings is 1. The smallest absolute Gasteiger partial charge is 0.331 e. The summed E-state index contributed by atoms with van der Waals surface area (Å²) in [7, 11) is 1.34. The highest BCUT2D eigenvalue weighted by Gasteiger charge is 2.41. The Kier molecular flexibility index (Phi) is 5.66. The molecule has 138 valence electrons. The molecular formula is C19H21FN2O3S. The zero-order chi connectivity index (χ0) is 18.6. The Morgan fingerprint density at radius 1 is 1.31 bits per heavy atom. The number of carbonyl (C=O) groups excluding carboxylic acids is 2. The van der Waals surface area contributed by atoms with Crippen LogP contribution in [0.4, 0.5) is 4.39 Å². The molecule has 1 saturated carbocycles. The maximum absolute atomic E-state index is 13.4. The molecule has 1 aliphatic carbocycles. The second-order valence-electron chi connectivity index (χ2n) is 6.51. The molecule has 1 N–H and O–H groups in total. The summed E-state index contributed by atoms with van der Waals surface area (Å²) in [4.78, 5) is 29.1. The van der Waals surface area contributed by atoms with Gasteiger partial charge in [0.1, 0.15) is 16.4 Å². The topological polar surface area (TPSA) is 68.3 Å². The Balaban J connectivity index is 1.69. The molecule has 3 rings (SSSR count). The Bertz CT molecular complexity index is 800. The predicted octanol–water partition coefficient (Wildman–Crippen LogP) is 3.48. The first kappa shape index (κ1) is 18.5. The summed E-state index contributed by atoms with van der Waals surface area (Å²) in [5.41, 5.74) is 0.355. The van der Waals surface area contributed by atoms with Crippen LogP contribution in [0, 0.1) is 5.82 Å². The van der Waals surface area contributed by atoms with E-state index in [2.05, 4.69) is 10.3 Å². The molecule has 0 bridgehead atoms. The van der Waals surface area contributed by atoms with Gasteiger partial charge in [0.05, 0.1) is 19.2 Å². The molecule has 1 aromatic carbocycles. The zero-order valence-electron chi connectivity index (χ0n) is 14.6. The Morgan fingerprint density at radius 2 is 2.08 bits per heavy atom. The van der Waals surface area contributed by atoms with E-state index in [0.717, 1.165) is 19.3 Å². The highest BCUT2D eigenvalue weighted by Crippen LogP contribution is 2.30. The van der Waals surface area contributed by atoms with E-state index in [-0.39, 0.29) is 24.1 Å². The third kappa shape index (κ3) is 4.09. The Labute approximate surface area is 155 Å². The normalized spacial score (nSPS) is 16.1. The van der Waals surface area contributed by atoms with Crippen molar-refractivity contribution >= 4 is 23.2 Å². The average molecular weight is 376 g/mol. The van der Waals surface area contributed by atoms with Crippen LogP contribution in [0.2, 0.25) is 0 Å². The number of esters is 1.